The molecule has 0 spiro atoms. The molecule has 0 fully saturated rings. The maximum Gasteiger partial charge on any atom is 0.124 e. The molecule has 0 amide bonds. The van der Waals surface area contributed by atoms with Gasteiger partial charge in [0.1, 0.15) is 12.4 Å². The van der Waals surface area contributed by atoms with Crippen molar-refractivity contribution in [2.45, 2.75) is 32.9 Å². The molecular formula is C16H22ClN3O. The third kappa shape index (κ3) is 4.48. The van der Waals surface area contributed by atoms with Gasteiger partial charge in [-0.3, -0.25) is 4.68 Å². The molecule has 4 nitrogen and oxygen atoms in total. The van der Waals surface area contributed by atoms with Gasteiger partial charge in [0.15, 0.2) is 0 Å². The summed E-state index contributed by atoms with van der Waals surface area (Å²) in [6.07, 6.45) is 4.86. The molecule has 2 aromatic rings. The van der Waals surface area contributed by atoms with Gasteiger partial charge in [0.2, 0.25) is 0 Å². The van der Waals surface area contributed by atoms with Crippen molar-refractivity contribution in [1.29, 1.82) is 0 Å². The molecule has 21 heavy (non-hydrogen) atoms. The highest BCUT2D eigenvalue weighted by atomic mass is 35.5. The molecule has 1 aromatic heterocycles. The lowest BCUT2D eigenvalue weighted by molar-refractivity contribution is 0.299. The minimum atomic E-state index is 0.201. The molecule has 1 N–H and O–H groups in total. The van der Waals surface area contributed by atoms with Crippen LogP contribution in [0.5, 0.6) is 5.75 Å². The summed E-state index contributed by atoms with van der Waals surface area (Å²) in [6, 6.07) is 5.95. The van der Waals surface area contributed by atoms with Gasteiger partial charge in [0, 0.05) is 35.4 Å². The van der Waals surface area contributed by atoms with Crippen LogP contribution in [0.25, 0.3) is 0 Å². The Balaban J connectivity index is 2.10. The molecule has 0 radical (unpaired) electrons. The fourth-order valence-corrected chi connectivity index (χ4v) is 2.35. The summed E-state index contributed by atoms with van der Waals surface area (Å²) in [5.74, 6) is 0.861. The van der Waals surface area contributed by atoms with Crippen LogP contribution >= 0.6 is 11.6 Å². The zero-order valence-electron chi connectivity index (χ0n) is 12.8. The molecule has 0 saturated carbocycles. The second-order valence-electron chi connectivity index (χ2n) is 5.17. The highest BCUT2D eigenvalue weighted by Gasteiger charge is 2.12. The first-order valence-electron chi connectivity index (χ1n) is 7.23. The monoisotopic (exact) mass is 307 g/mol. The lowest BCUT2D eigenvalue weighted by atomic mass is 10.1. The van der Waals surface area contributed by atoms with E-state index in [1.165, 1.54) is 0 Å². The van der Waals surface area contributed by atoms with Crippen molar-refractivity contribution in [2.24, 2.45) is 7.05 Å². The van der Waals surface area contributed by atoms with E-state index in [1.54, 1.807) is 4.68 Å². The topological polar surface area (TPSA) is 39.1 Å². The van der Waals surface area contributed by atoms with Crippen LogP contribution in [-0.2, 0) is 13.7 Å². The third-order valence-electron chi connectivity index (χ3n) is 3.29. The second-order valence-corrected chi connectivity index (χ2v) is 5.61. The molecule has 5 heteroatoms. The summed E-state index contributed by atoms with van der Waals surface area (Å²) in [4.78, 5) is 0. The van der Waals surface area contributed by atoms with Crippen molar-refractivity contribution in [3.63, 3.8) is 0 Å². The van der Waals surface area contributed by atoms with Crippen LogP contribution < -0.4 is 10.1 Å². The van der Waals surface area contributed by atoms with Crippen molar-refractivity contribution < 1.29 is 4.74 Å². The third-order valence-corrected chi connectivity index (χ3v) is 3.53. The van der Waals surface area contributed by atoms with Crippen LogP contribution in [0.3, 0.4) is 0 Å². The number of nitrogens with zero attached hydrogens (tertiary/aromatic N) is 2. The summed E-state index contributed by atoms with van der Waals surface area (Å²) in [6.45, 7) is 5.74. The Hall–Kier alpha value is -1.52. The van der Waals surface area contributed by atoms with Crippen molar-refractivity contribution in [1.82, 2.24) is 15.1 Å². The maximum atomic E-state index is 6.12. The number of rotatable bonds is 7. The molecule has 0 aliphatic rings. The average molecular weight is 308 g/mol. The minimum Gasteiger partial charge on any atom is -0.488 e. The molecule has 114 valence electrons. The Bertz CT molecular complexity index is 583. The molecular weight excluding hydrogens is 286 g/mol. The van der Waals surface area contributed by atoms with E-state index < -0.39 is 0 Å². The van der Waals surface area contributed by atoms with Gasteiger partial charge in [-0.25, -0.2) is 0 Å². The van der Waals surface area contributed by atoms with Gasteiger partial charge < -0.3 is 10.1 Å². The van der Waals surface area contributed by atoms with Crippen molar-refractivity contribution in [3.8, 4) is 5.75 Å². The molecule has 0 aliphatic heterocycles. The molecule has 2 rings (SSSR count). The van der Waals surface area contributed by atoms with Gasteiger partial charge in [-0.15, -0.1) is 0 Å². The van der Waals surface area contributed by atoms with E-state index in [1.807, 2.05) is 37.6 Å². The van der Waals surface area contributed by atoms with Crippen molar-refractivity contribution in [2.75, 3.05) is 6.54 Å². The summed E-state index contributed by atoms with van der Waals surface area (Å²) in [5, 5.41) is 8.33. The maximum absolute atomic E-state index is 6.12. The van der Waals surface area contributed by atoms with Gasteiger partial charge in [-0.2, -0.15) is 5.10 Å². The summed E-state index contributed by atoms with van der Waals surface area (Å²) >= 11 is 6.12. The van der Waals surface area contributed by atoms with E-state index in [-0.39, 0.29) is 6.04 Å². The smallest absolute Gasteiger partial charge is 0.124 e. The van der Waals surface area contributed by atoms with E-state index in [0.717, 1.165) is 34.9 Å². The lowest BCUT2D eigenvalue weighted by Gasteiger charge is -2.18. The first kappa shape index (κ1) is 15.9. The van der Waals surface area contributed by atoms with E-state index in [9.17, 15) is 0 Å². The molecule has 0 bridgehead atoms. The number of aromatic nitrogens is 2. The lowest BCUT2D eigenvalue weighted by Crippen LogP contribution is -2.20. The van der Waals surface area contributed by atoms with Crippen molar-refractivity contribution >= 4 is 11.6 Å². The van der Waals surface area contributed by atoms with E-state index in [2.05, 4.69) is 24.3 Å². The van der Waals surface area contributed by atoms with Gasteiger partial charge in [-0.05, 0) is 38.1 Å². The first-order chi connectivity index (χ1) is 10.1. The number of aryl methyl sites for hydroxylation is 1. The Morgan fingerprint density at radius 2 is 2.24 bits per heavy atom. The summed E-state index contributed by atoms with van der Waals surface area (Å²) in [7, 11) is 1.90. The Kier molecular flexibility index (Phi) is 5.65. The largest absolute Gasteiger partial charge is 0.488 e. The molecule has 1 unspecified atom stereocenters. The predicted octanol–water partition coefficient (Wildman–Crippen LogP) is 3.71. The zero-order valence-corrected chi connectivity index (χ0v) is 13.5. The molecule has 0 saturated heterocycles. The van der Waals surface area contributed by atoms with Gasteiger partial charge in [0.25, 0.3) is 0 Å². The average Bonchev–Trinajstić information content (AvgIpc) is 2.89. The van der Waals surface area contributed by atoms with Gasteiger partial charge >= 0.3 is 0 Å². The number of ether oxygens (including phenoxy) is 1. The minimum absolute atomic E-state index is 0.201. The number of hydrogen-bond donors (Lipinski definition) is 1. The Labute approximate surface area is 131 Å². The SMILES string of the molecule is CCCNC(C)c1cc(Cl)ccc1OCc1cnn(C)c1. The van der Waals surface area contributed by atoms with Crippen LogP contribution in [0, 0.1) is 0 Å². The Morgan fingerprint density at radius 1 is 1.43 bits per heavy atom. The first-order valence-corrected chi connectivity index (χ1v) is 7.61. The van der Waals surface area contributed by atoms with Crippen LogP contribution in [-0.4, -0.2) is 16.3 Å². The van der Waals surface area contributed by atoms with Gasteiger partial charge in [-0.1, -0.05) is 18.5 Å². The fraction of sp³-hybridized carbons (Fsp3) is 0.438. The van der Waals surface area contributed by atoms with E-state index >= 15 is 0 Å². The van der Waals surface area contributed by atoms with Crippen LogP contribution in [0.15, 0.2) is 30.6 Å². The summed E-state index contributed by atoms with van der Waals surface area (Å²) < 4.78 is 7.71. The van der Waals surface area contributed by atoms with E-state index in [4.69, 9.17) is 16.3 Å². The normalized spacial score (nSPS) is 12.4. The van der Waals surface area contributed by atoms with E-state index in [0.29, 0.717) is 6.61 Å². The highest BCUT2D eigenvalue weighted by molar-refractivity contribution is 6.30. The molecule has 0 aliphatic carbocycles. The number of benzene rings is 1. The quantitative estimate of drug-likeness (QED) is 0.847. The summed E-state index contributed by atoms with van der Waals surface area (Å²) in [5.41, 5.74) is 2.13. The van der Waals surface area contributed by atoms with Crippen LogP contribution in [0.1, 0.15) is 37.4 Å². The fourth-order valence-electron chi connectivity index (χ4n) is 2.17. The molecule has 1 heterocycles. The molecule has 1 aromatic carbocycles. The molecule has 1 atom stereocenters. The predicted molar refractivity (Wildman–Crippen MR) is 85.7 cm³/mol. The Morgan fingerprint density at radius 3 is 2.90 bits per heavy atom. The number of hydrogen-bond acceptors (Lipinski definition) is 3. The van der Waals surface area contributed by atoms with Crippen molar-refractivity contribution in [3.05, 3.63) is 46.7 Å². The number of nitrogens with one attached hydrogen (secondary N) is 1. The van der Waals surface area contributed by atoms with Gasteiger partial charge in [0.05, 0.1) is 6.20 Å². The van der Waals surface area contributed by atoms with Crippen LogP contribution in [0.2, 0.25) is 5.02 Å². The second kappa shape index (κ2) is 7.48. The van der Waals surface area contributed by atoms with Crippen LogP contribution in [0.4, 0.5) is 0 Å². The zero-order chi connectivity index (χ0) is 15.2. The number of halogens is 1. The highest BCUT2D eigenvalue weighted by Crippen LogP contribution is 2.29. The standard InChI is InChI=1S/C16H22ClN3O/c1-4-7-18-12(2)15-8-14(17)5-6-16(15)21-11-13-9-19-20(3)10-13/h5-6,8-10,12,18H,4,7,11H2,1-3H3.